The predicted octanol–water partition coefficient (Wildman–Crippen LogP) is 2.59. The average molecular weight is 359 g/mol. The highest BCUT2D eigenvalue weighted by molar-refractivity contribution is 5.91. The van der Waals surface area contributed by atoms with Gasteiger partial charge in [-0.25, -0.2) is 4.79 Å². The minimum atomic E-state index is 0.0209. The lowest BCUT2D eigenvalue weighted by Crippen LogP contribution is -2.57. The number of rotatable bonds is 4. The molecule has 2 saturated heterocycles. The summed E-state index contributed by atoms with van der Waals surface area (Å²) in [5.41, 5.74) is 0.922. The van der Waals surface area contributed by atoms with E-state index in [4.69, 9.17) is 4.74 Å². The van der Waals surface area contributed by atoms with Gasteiger partial charge in [0.1, 0.15) is 0 Å². The number of likely N-dealkylation sites (tertiary alicyclic amines) is 2. The summed E-state index contributed by atoms with van der Waals surface area (Å²) in [6.07, 6.45) is 3.50. The van der Waals surface area contributed by atoms with Crippen LogP contribution in [0.2, 0.25) is 0 Å². The van der Waals surface area contributed by atoms with Gasteiger partial charge in [-0.2, -0.15) is 0 Å². The fraction of sp³-hybridized carbons (Fsp3) is 0.600. The topological polar surface area (TPSA) is 53.1 Å². The normalized spacial score (nSPS) is 23.4. The second-order valence-electron chi connectivity index (χ2n) is 7.51. The van der Waals surface area contributed by atoms with Gasteiger partial charge in [-0.05, 0) is 31.4 Å². The van der Waals surface area contributed by atoms with Gasteiger partial charge in [0.25, 0.3) is 0 Å². The molecular weight excluding hydrogens is 330 g/mol. The van der Waals surface area contributed by atoms with Gasteiger partial charge in [0.15, 0.2) is 0 Å². The van der Waals surface area contributed by atoms with Gasteiger partial charge in [-0.3, -0.25) is 9.69 Å². The number of hydrogen-bond acceptors (Lipinski definition) is 3. The lowest BCUT2D eigenvalue weighted by molar-refractivity contribution is -0.139. The molecule has 1 atom stereocenters. The first-order valence-corrected chi connectivity index (χ1v) is 9.39. The summed E-state index contributed by atoms with van der Waals surface area (Å²) >= 11 is 0. The first-order valence-electron chi connectivity index (χ1n) is 9.39. The zero-order valence-electron chi connectivity index (χ0n) is 15.8. The van der Waals surface area contributed by atoms with E-state index in [1.54, 1.807) is 12.0 Å². The molecule has 1 aromatic rings. The predicted molar refractivity (Wildman–Crippen MR) is 101 cm³/mol. The molecule has 6 heteroatoms. The Bertz CT molecular complexity index is 636. The van der Waals surface area contributed by atoms with Gasteiger partial charge < -0.3 is 14.5 Å². The van der Waals surface area contributed by atoms with Gasteiger partial charge in [0, 0.05) is 57.9 Å². The highest BCUT2D eigenvalue weighted by Crippen LogP contribution is 2.39. The van der Waals surface area contributed by atoms with Crippen molar-refractivity contribution in [2.75, 3.05) is 51.8 Å². The SMILES string of the molecule is COCCN1C[C@@]2(CCCN(C(=O)N(C)c3ccccc3)C2)CCC1=O. The fourth-order valence-electron chi connectivity index (χ4n) is 4.19. The van der Waals surface area contributed by atoms with Gasteiger partial charge in [-0.15, -0.1) is 0 Å². The smallest absolute Gasteiger partial charge is 0.324 e. The van der Waals surface area contributed by atoms with Crippen molar-refractivity contribution in [2.24, 2.45) is 5.41 Å². The molecule has 0 aromatic heterocycles. The van der Waals surface area contributed by atoms with Gasteiger partial charge in [0.05, 0.1) is 6.61 Å². The van der Waals surface area contributed by atoms with E-state index in [9.17, 15) is 9.59 Å². The summed E-state index contributed by atoms with van der Waals surface area (Å²) in [5, 5.41) is 0. The van der Waals surface area contributed by atoms with Gasteiger partial charge in [-0.1, -0.05) is 18.2 Å². The molecule has 2 aliphatic heterocycles. The highest BCUT2D eigenvalue weighted by atomic mass is 16.5. The molecule has 1 aromatic carbocycles. The van der Waals surface area contributed by atoms with Crippen LogP contribution < -0.4 is 4.90 Å². The summed E-state index contributed by atoms with van der Waals surface area (Å²) in [6, 6.07) is 9.77. The number of carbonyl (C=O) groups is 2. The summed E-state index contributed by atoms with van der Waals surface area (Å²) in [7, 11) is 3.48. The third-order valence-corrected chi connectivity index (χ3v) is 5.68. The molecule has 6 nitrogen and oxygen atoms in total. The second-order valence-corrected chi connectivity index (χ2v) is 7.51. The Kier molecular flexibility index (Phi) is 5.81. The summed E-state index contributed by atoms with van der Waals surface area (Å²) in [6.45, 7) is 3.42. The number of amides is 3. The molecule has 0 radical (unpaired) electrons. The van der Waals surface area contributed by atoms with E-state index in [-0.39, 0.29) is 17.4 Å². The summed E-state index contributed by atoms with van der Waals surface area (Å²) in [4.78, 5) is 30.8. The number of ether oxygens (including phenoxy) is 1. The number of hydrogen-bond donors (Lipinski definition) is 0. The molecule has 0 aliphatic carbocycles. The van der Waals surface area contributed by atoms with E-state index < -0.39 is 0 Å². The average Bonchev–Trinajstić information content (AvgIpc) is 2.68. The molecule has 0 unspecified atom stereocenters. The lowest BCUT2D eigenvalue weighted by atomic mass is 9.73. The van der Waals surface area contributed by atoms with Gasteiger partial charge >= 0.3 is 6.03 Å². The largest absolute Gasteiger partial charge is 0.383 e. The van der Waals surface area contributed by atoms with E-state index in [1.807, 2.05) is 47.2 Å². The number of urea groups is 1. The Morgan fingerprint density at radius 2 is 2.00 bits per heavy atom. The van der Waals surface area contributed by atoms with Gasteiger partial charge in [0.2, 0.25) is 5.91 Å². The van der Waals surface area contributed by atoms with Crippen LogP contribution in [0.3, 0.4) is 0 Å². The van der Waals surface area contributed by atoms with E-state index in [0.717, 1.165) is 44.6 Å². The Balaban J connectivity index is 1.68. The van der Waals surface area contributed by atoms with E-state index in [2.05, 4.69) is 0 Å². The minimum Gasteiger partial charge on any atom is -0.383 e. The van der Waals surface area contributed by atoms with Crippen LogP contribution in [-0.4, -0.2) is 68.7 Å². The Morgan fingerprint density at radius 3 is 2.73 bits per heavy atom. The van der Waals surface area contributed by atoms with Crippen molar-refractivity contribution in [3.8, 4) is 0 Å². The van der Waals surface area contributed by atoms with Crippen molar-refractivity contribution in [3.63, 3.8) is 0 Å². The molecule has 2 fully saturated rings. The zero-order valence-corrected chi connectivity index (χ0v) is 15.8. The third-order valence-electron chi connectivity index (χ3n) is 5.68. The maximum Gasteiger partial charge on any atom is 0.324 e. The van der Waals surface area contributed by atoms with Crippen molar-refractivity contribution < 1.29 is 14.3 Å². The van der Waals surface area contributed by atoms with Crippen molar-refractivity contribution in [1.82, 2.24) is 9.80 Å². The van der Waals surface area contributed by atoms with Crippen molar-refractivity contribution in [3.05, 3.63) is 30.3 Å². The molecular formula is C20H29N3O3. The fourth-order valence-corrected chi connectivity index (χ4v) is 4.19. The number of nitrogens with zero attached hydrogens (tertiary/aromatic N) is 3. The number of benzene rings is 1. The molecule has 3 amide bonds. The first-order chi connectivity index (χ1) is 12.5. The highest BCUT2D eigenvalue weighted by Gasteiger charge is 2.43. The van der Waals surface area contributed by atoms with E-state index in [1.165, 1.54) is 0 Å². The van der Waals surface area contributed by atoms with Crippen LogP contribution in [0.5, 0.6) is 0 Å². The van der Waals surface area contributed by atoms with E-state index in [0.29, 0.717) is 19.6 Å². The second kappa shape index (κ2) is 8.08. The number of carbonyl (C=O) groups excluding carboxylic acids is 2. The molecule has 1 spiro atoms. The van der Waals surface area contributed by atoms with Crippen LogP contribution in [0, 0.1) is 5.41 Å². The summed E-state index contributed by atoms with van der Waals surface area (Å²) in [5.74, 6) is 0.206. The monoisotopic (exact) mass is 359 g/mol. The number of anilines is 1. The Morgan fingerprint density at radius 1 is 1.23 bits per heavy atom. The molecule has 0 N–H and O–H groups in total. The quantitative estimate of drug-likeness (QED) is 0.830. The summed E-state index contributed by atoms with van der Waals surface area (Å²) < 4.78 is 5.14. The Hall–Kier alpha value is -2.08. The van der Waals surface area contributed by atoms with Crippen LogP contribution in [0.1, 0.15) is 25.7 Å². The van der Waals surface area contributed by atoms with Crippen molar-refractivity contribution in [1.29, 1.82) is 0 Å². The molecule has 26 heavy (non-hydrogen) atoms. The molecule has 2 aliphatic rings. The lowest BCUT2D eigenvalue weighted by Gasteiger charge is -2.48. The number of methoxy groups -OCH3 is 1. The number of piperidine rings is 2. The van der Waals surface area contributed by atoms with Crippen molar-refractivity contribution >= 4 is 17.6 Å². The standard InChI is InChI=1S/C20H29N3O3/c1-21(17-7-4-3-5-8-17)19(25)23-12-6-10-20(16-23)11-9-18(24)22(15-20)13-14-26-2/h3-5,7-8H,6,9-16H2,1-2H3/t20-/m1/s1. The zero-order chi connectivity index (χ0) is 18.6. The molecule has 2 heterocycles. The Labute approximate surface area is 155 Å². The number of para-hydroxylation sites is 1. The van der Waals surface area contributed by atoms with Crippen LogP contribution in [0.25, 0.3) is 0 Å². The first kappa shape index (κ1) is 18.7. The van der Waals surface area contributed by atoms with Crippen LogP contribution in [-0.2, 0) is 9.53 Å². The molecule has 3 rings (SSSR count). The maximum atomic E-state index is 13.0. The molecule has 0 bridgehead atoms. The maximum absolute atomic E-state index is 13.0. The third kappa shape index (κ3) is 4.01. The van der Waals surface area contributed by atoms with Crippen LogP contribution in [0.15, 0.2) is 30.3 Å². The van der Waals surface area contributed by atoms with Crippen LogP contribution in [0.4, 0.5) is 10.5 Å². The minimum absolute atomic E-state index is 0.0209. The van der Waals surface area contributed by atoms with E-state index >= 15 is 0 Å². The molecule has 142 valence electrons. The van der Waals surface area contributed by atoms with Crippen LogP contribution >= 0.6 is 0 Å². The van der Waals surface area contributed by atoms with Crippen molar-refractivity contribution in [2.45, 2.75) is 25.7 Å². The molecule has 0 saturated carbocycles.